The molecular formula is C14H20N2O2. The van der Waals surface area contributed by atoms with Crippen molar-refractivity contribution in [3.8, 4) is 0 Å². The highest BCUT2D eigenvalue weighted by Gasteiger charge is 2.30. The number of nitrogens with one attached hydrogen (secondary N) is 1. The second kappa shape index (κ2) is 6.52. The minimum Gasteiger partial charge on any atom is -0.385 e. The fourth-order valence-electron chi connectivity index (χ4n) is 2.26. The Labute approximate surface area is 108 Å². The van der Waals surface area contributed by atoms with Crippen molar-refractivity contribution in [3.63, 3.8) is 0 Å². The molecule has 1 amide bonds. The van der Waals surface area contributed by atoms with Gasteiger partial charge in [-0.05, 0) is 18.4 Å². The smallest absolute Gasteiger partial charge is 0.238 e. The van der Waals surface area contributed by atoms with E-state index in [0.717, 1.165) is 31.6 Å². The minimum absolute atomic E-state index is 0.0289. The Hall–Kier alpha value is -1.39. The van der Waals surface area contributed by atoms with Crippen LogP contribution in [0.3, 0.4) is 0 Å². The molecule has 2 rings (SSSR count). The number of hydrogen-bond donors (Lipinski definition) is 1. The van der Waals surface area contributed by atoms with E-state index in [4.69, 9.17) is 4.74 Å². The Morgan fingerprint density at radius 3 is 2.83 bits per heavy atom. The molecule has 1 atom stereocenters. The first-order chi connectivity index (χ1) is 8.83. The van der Waals surface area contributed by atoms with Gasteiger partial charge in [0.05, 0.1) is 6.54 Å². The number of nitrogens with zero attached hydrogens (tertiary/aromatic N) is 1. The number of carbonyl (C=O) groups excluding carboxylic acids is 1. The number of carbonyl (C=O) groups is 1. The minimum atomic E-state index is 0.0289. The summed E-state index contributed by atoms with van der Waals surface area (Å²) < 4.78 is 5.03. The topological polar surface area (TPSA) is 41.6 Å². The van der Waals surface area contributed by atoms with Crippen molar-refractivity contribution in [2.45, 2.75) is 19.0 Å². The fraction of sp³-hybridized carbons (Fsp3) is 0.500. The number of methoxy groups -OCH3 is 1. The third kappa shape index (κ3) is 3.09. The van der Waals surface area contributed by atoms with E-state index < -0.39 is 0 Å². The van der Waals surface area contributed by atoms with Crippen LogP contribution in [0.4, 0.5) is 0 Å². The zero-order chi connectivity index (χ0) is 12.8. The van der Waals surface area contributed by atoms with Crippen molar-refractivity contribution in [1.29, 1.82) is 0 Å². The van der Waals surface area contributed by atoms with Crippen LogP contribution in [0.2, 0.25) is 0 Å². The molecule has 1 aromatic carbocycles. The van der Waals surface area contributed by atoms with Gasteiger partial charge in [-0.3, -0.25) is 10.1 Å². The van der Waals surface area contributed by atoms with E-state index in [1.54, 1.807) is 7.11 Å². The number of ether oxygens (including phenoxy) is 1. The highest BCUT2D eigenvalue weighted by atomic mass is 16.5. The summed E-state index contributed by atoms with van der Waals surface area (Å²) in [6.07, 6.45) is 1.99. The third-order valence-corrected chi connectivity index (χ3v) is 3.19. The van der Waals surface area contributed by atoms with Gasteiger partial charge in [0.15, 0.2) is 0 Å². The third-order valence-electron chi connectivity index (χ3n) is 3.19. The lowest BCUT2D eigenvalue weighted by Crippen LogP contribution is -2.31. The molecule has 0 radical (unpaired) electrons. The summed E-state index contributed by atoms with van der Waals surface area (Å²) in [5.74, 6) is 0.182. The predicted octanol–water partition coefficient (Wildman–Crippen LogP) is 1.54. The molecule has 1 heterocycles. The molecular weight excluding hydrogens is 228 g/mol. The first-order valence-electron chi connectivity index (χ1n) is 6.39. The number of unbranched alkanes of at least 4 members (excludes halogenated alkanes) is 1. The first-order valence-corrected chi connectivity index (χ1v) is 6.39. The molecule has 1 unspecified atom stereocenters. The molecule has 4 heteroatoms. The summed E-state index contributed by atoms with van der Waals surface area (Å²) in [5.41, 5.74) is 1.15. The van der Waals surface area contributed by atoms with Crippen LogP contribution in [0.1, 0.15) is 24.6 Å². The lowest BCUT2D eigenvalue weighted by Gasteiger charge is -2.24. The molecule has 0 aromatic heterocycles. The van der Waals surface area contributed by atoms with Crippen molar-refractivity contribution < 1.29 is 9.53 Å². The zero-order valence-corrected chi connectivity index (χ0v) is 10.8. The summed E-state index contributed by atoms with van der Waals surface area (Å²) >= 11 is 0. The van der Waals surface area contributed by atoms with Crippen molar-refractivity contribution in [3.05, 3.63) is 35.9 Å². The Kier molecular flexibility index (Phi) is 4.73. The van der Waals surface area contributed by atoms with Gasteiger partial charge in [-0.1, -0.05) is 30.3 Å². The van der Waals surface area contributed by atoms with Gasteiger partial charge in [-0.25, -0.2) is 0 Å². The van der Waals surface area contributed by atoms with Gasteiger partial charge in [0.2, 0.25) is 5.91 Å². The van der Waals surface area contributed by atoms with Crippen LogP contribution in [0.5, 0.6) is 0 Å². The highest BCUT2D eigenvalue weighted by molar-refractivity contribution is 5.80. The maximum atomic E-state index is 11.9. The van der Waals surface area contributed by atoms with Crippen molar-refractivity contribution >= 4 is 5.91 Å². The fourth-order valence-corrected chi connectivity index (χ4v) is 2.26. The van der Waals surface area contributed by atoms with Gasteiger partial charge in [-0.15, -0.1) is 0 Å². The predicted molar refractivity (Wildman–Crippen MR) is 70.0 cm³/mol. The maximum absolute atomic E-state index is 11.9. The average molecular weight is 248 g/mol. The molecule has 0 saturated carbocycles. The largest absolute Gasteiger partial charge is 0.385 e. The highest BCUT2D eigenvalue weighted by Crippen LogP contribution is 2.22. The molecule has 4 nitrogen and oxygen atoms in total. The number of benzene rings is 1. The summed E-state index contributed by atoms with van der Waals surface area (Å²) in [6, 6.07) is 10.1. The monoisotopic (exact) mass is 248 g/mol. The van der Waals surface area contributed by atoms with Gasteiger partial charge < -0.3 is 9.64 Å². The van der Waals surface area contributed by atoms with E-state index in [1.165, 1.54) is 0 Å². The van der Waals surface area contributed by atoms with E-state index in [2.05, 4.69) is 17.4 Å². The standard InChI is InChI=1S/C14H20N2O2/c1-18-10-6-5-9-16-13(17)11-15-14(16)12-7-3-2-4-8-12/h2-4,7-8,14-15H,5-6,9-11H2,1H3. The molecule has 1 saturated heterocycles. The van der Waals surface area contributed by atoms with E-state index >= 15 is 0 Å². The molecule has 0 aliphatic carbocycles. The van der Waals surface area contributed by atoms with Crippen molar-refractivity contribution in [2.75, 3.05) is 26.8 Å². The molecule has 1 fully saturated rings. The summed E-state index contributed by atoms with van der Waals surface area (Å²) in [7, 11) is 1.70. The Bertz CT molecular complexity index is 381. The maximum Gasteiger partial charge on any atom is 0.238 e. The van der Waals surface area contributed by atoms with Gasteiger partial charge in [0.25, 0.3) is 0 Å². The molecule has 0 spiro atoms. The average Bonchev–Trinajstić information content (AvgIpc) is 2.77. The van der Waals surface area contributed by atoms with Gasteiger partial charge in [0, 0.05) is 20.3 Å². The molecule has 1 N–H and O–H groups in total. The number of amides is 1. The van der Waals surface area contributed by atoms with Crippen LogP contribution in [-0.2, 0) is 9.53 Å². The molecule has 1 aromatic rings. The molecule has 0 bridgehead atoms. The SMILES string of the molecule is COCCCCN1C(=O)CNC1c1ccccc1. The van der Waals surface area contributed by atoms with E-state index in [1.807, 2.05) is 23.1 Å². The normalized spacial score (nSPS) is 19.5. The van der Waals surface area contributed by atoms with Crippen molar-refractivity contribution in [1.82, 2.24) is 10.2 Å². The van der Waals surface area contributed by atoms with Crippen LogP contribution in [0.25, 0.3) is 0 Å². The summed E-state index contributed by atoms with van der Waals surface area (Å²) in [5, 5.41) is 3.26. The van der Waals surface area contributed by atoms with Crippen LogP contribution in [0.15, 0.2) is 30.3 Å². The van der Waals surface area contributed by atoms with Gasteiger partial charge in [-0.2, -0.15) is 0 Å². The number of rotatable bonds is 6. The van der Waals surface area contributed by atoms with Crippen molar-refractivity contribution in [2.24, 2.45) is 0 Å². The lowest BCUT2D eigenvalue weighted by atomic mass is 10.1. The second-order valence-corrected chi connectivity index (χ2v) is 4.48. The van der Waals surface area contributed by atoms with Crippen LogP contribution < -0.4 is 5.32 Å². The summed E-state index contributed by atoms with van der Waals surface area (Å²) in [6.45, 7) is 1.98. The van der Waals surface area contributed by atoms with Crippen LogP contribution in [-0.4, -0.2) is 37.6 Å². The van der Waals surface area contributed by atoms with Gasteiger partial charge >= 0.3 is 0 Å². The quantitative estimate of drug-likeness (QED) is 0.777. The Morgan fingerprint density at radius 2 is 2.11 bits per heavy atom. The molecule has 1 aliphatic heterocycles. The van der Waals surface area contributed by atoms with E-state index in [0.29, 0.717) is 6.54 Å². The van der Waals surface area contributed by atoms with Crippen LogP contribution >= 0.6 is 0 Å². The second-order valence-electron chi connectivity index (χ2n) is 4.48. The van der Waals surface area contributed by atoms with E-state index in [9.17, 15) is 4.79 Å². The lowest BCUT2D eigenvalue weighted by molar-refractivity contribution is -0.128. The Morgan fingerprint density at radius 1 is 1.33 bits per heavy atom. The first kappa shape index (κ1) is 13.1. The zero-order valence-electron chi connectivity index (χ0n) is 10.8. The Balaban J connectivity index is 1.95. The molecule has 98 valence electrons. The number of hydrogen-bond acceptors (Lipinski definition) is 3. The summed E-state index contributed by atoms with van der Waals surface area (Å²) in [4.78, 5) is 13.8. The molecule has 1 aliphatic rings. The van der Waals surface area contributed by atoms with Gasteiger partial charge in [0.1, 0.15) is 6.17 Å². The van der Waals surface area contributed by atoms with E-state index in [-0.39, 0.29) is 12.1 Å². The van der Waals surface area contributed by atoms with Crippen LogP contribution in [0, 0.1) is 0 Å². The molecule has 18 heavy (non-hydrogen) atoms.